The van der Waals surface area contributed by atoms with Crippen LogP contribution >= 0.6 is 0 Å². The number of anilines is 2. The van der Waals surface area contributed by atoms with Gasteiger partial charge in [0.25, 0.3) is 27.6 Å². The average molecular weight is 952 g/mol. The molecular weight excluding hydrogens is 894 g/mol. The maximum atomic E-state index is 15.5. The molecule has 2 saturated heterocycles. The number of H-pyrrole nitrogens is 1. The molecular formula is C50H58FN7O9S. The number of hydrogen-bond donors (Lipinski definition) is 4. The minimum Gasteiger partial charge on any atom is -0.489 e. The fourth-order valence-electron chi connectivity index (χ4n) is 11.3. The Morgan fingerprint density at radius 1 is 1.01 bits per heavy atom. The molecule has 5 aliphatic rings. The number of hydrogen-bond acceptors (Lipinski definition) is 13. The maximum Gasteiger partial charge on any atom is 0.297 e. The minimum atomic E-state index is -4.75. The van der Waals surface area contributed by atoms with Crippen molar-refractivity contribution >= 4 is 44.0 Å². The molecule has 1 amide bonds. The summed E-state index contributed by atoms with van der Waals surface area (Å²) in [5, 5.41) is 26.6. The van der Waals surface area contributed by atoms with Crippen LogP contribution in [0.2, 0.25) is 0 Å². The quantitative estimate of drug-likeness (QED) is 0.0558. The summed E-state index contributed by atoms with van der Waals surface area (Å²) >= 11 is 0. The summed E-state index contributed by atoms with van der Waals surface area (Å²) in [4.78, 5) is 36.9. The van der Waals surface area contributed by atoms with E-state index < -0.39 is 43.0 Å². The first kappa shape index (κ1) is 45.9. The predicted molar refractivity (Wildman–Crippen MR) is 254 cm³/mol. The molecule has 18 heteroatoms. The standard InChI is InChI=1S/C50H58FN7O9S/c1-30(2)36-6-4-5-7-37(36)41-29-65-21-20-57(41)34-26-50(27-34)15-18-56(19-16-50)33-8-9-38(42(23-33)67-44-22-32-12-17-52-47(32)54-46(44)51)48(59)55-68(63,64)35-24-40(58(61)62)45-43(25-35)66-28-39(53-45)31-10-13-49(3,60)14-11-31/h4-9,12,17,22-25,30-31,34,39,41,53,60H,10-11,13-16,18-21,26-29H2,1-3H3,(H,52,54)(H,55,59)/t31-,39-,41+,49-/m1/s1. The smallest absolute Gasteiger partial charge is 0.297 e. The lowest BCUT2D eigenvalue weighted by Crippen LogP contribution is -2.58. The van der Waals surface area contributed by atoms with Gasteiger partial charge in [-0.15, -0.1) is 0 Å². The molecule has 16 nitrogen and oxygen atoms in total. The van der Waals surface area contributed by atoms with E-state index in [-0.39, 0.29) is 58.5 Å². The van der Waals surface area contributed by atoms with Crippen LogP contribution in [0.1, 0.15) is 106 Å². The van der Waals surface area contributed by atoms with Gasteiger partial charge in [0.05, 0.1) is 46.3 Å². The van der Waals surface area contributed by atoms with E-state index in [0.29, 0.717) is 61.0 Å². The van der Waals surface area contributed by atoms with Crippen molar-refractivity contribution in [3.63, 3.8) is 0 Å². The highest BCUT2D eigenvalue weighted by Gasteiger charge is 2.50. The molecule has 4 N–H and O–H groups in total. The first-order chi connectivity index (χ1) is 32.6. The number of halogens is 1. The number of piperidine rings is 1. The first-order valence-electron chi connectivity index (χ1n) is 23.7. The highest BCUT2D eigenvalue weighted by Crippen LogP contribution is 2.53. The third-order valence-corrected chi connectivity index (χ3v) is 16.6. The van der Waals surface area contributed by atoms with E-state index in [2.05, 4.69) is 67.9 Å². The van der Waals surface area contributed by atoms with Gasteiger partial charge in [-0.05, 0) is 111 Å². The predicted octanol–water partition coefficient (Wildman–Crippen LogP) is 8.58. The van der Waals surface area contributed by atoms with E-state index in [9.17, 15) is 28.4 Å². The average Bonchev–Trinajstić information content (AvgIpc) is 3.77. The van der Waals surface area contributed by atoms with Crippen molar-refractivity contribution in [3.8, 4) is 17.2 Å². The number of aromatic nitrogens is 2. The van der Waals surface area contributed by atoms with Crippen molar-refractivity contribution in [1.29, 1.82) is 0 Å². The van der Waals surface area contributed by atoms with Crippen LogP contribution in [0.15, 0.2) is 77.8 Å². The van der Waals surface area contributed by atoms with E-state index in [4.69, 9.17) is 14.2 Å². The number of nitro groups is 1. The number of benzene rings is 3. The van der Waals surface area contributed by atoms with Crippen molar-refractivity contribution in [2.75, 3.05) is 49.7 Å². The number of aromatic amines is 1. The number of morpholine rings is 1. The molecule has 360 valence electrons. The van der Waals surface area contributed by atoms with Crippen LogP contribution in [0, 0.1) is 27.4 Å². The fourth-order valence-corrected chi connectivity index (χ4v) is 12.3. The third-order valence-electron chi connectivity index (χ3n) is 15.2. The van der Waals surface area contributed by atoms with Crippen molar-refractivity contribution < 1.29 is 41.8 Å². The van der Waals surface area contributed by atoms with Crippen LogP contribution in [-0.4, -0.2) is 96.4 Å². The SMILES string of the molecule is CC(C)c1ccccc1[C@@H]1COCCN1C1CC2(CCN(c3ccc(C(=O)NS(=O)(=O)c4cc5c(c([N+](=O)[O-])c4)N[C@@H]([C@H]4CC[C@](C)(O)CC4)CO5)c(Oc4cc5cc[nH]c5nc4F)c3)CC2)C1. The highest BCUT2D eigenvalue weighted by molar-refractivity contribution is 7.90. The largest absolute Gasteiger partial charge is 0.489 e. The molecule has 2 saturated carbocycles. The molecule has 10 rings (SSSR count). The Morgan fingerprint density at radius 2 is 1.78 bits per heavy atom. The lowest BCUT2D eigenvalue weighted by Gasteiger charge is -2.57. The Morgan fingerprint density at radius 3 is 2.53 bits per heavy atom. The van der Waals surface area contributed by atoms with Crippen molar-refractivity contribution in [3.05, 3.63) is 106 Å². The van der Waals surface area contributed by atoms with Gasteiger partial charge in [0, 0.05) is 61.1 Å². The Labute approximate surface area is 394 Å². The summed E-state index contributed by atoms with van der Waals surface area (Å²) in [6.07, 6.45) is 8.25. The maximum absolute atomic E-state index is 15.5. The Kier molecular flexibility index (Phi) is 12.1. The zero-order valence-corrected chi connectivity index (χ0v) is 39.3. The minimum absolute atomic E-state index is 0.0407. The Balaban J connectivity index is 0.867. The van der Waals surface area contributed by atoms with Gasteiger partial charge >= 0.3 is 0 Å². The van der Waals surface area contributed by atoms with Crippen LogP contribution in [0.5, 0.6) is 17.2 Å². The number of carbonyl (C=O) groups excluding carboxylic acids is 1. The number of nitro benzene ring substituents is 1. The molecule has 0 unspecified atom stereocenters. The molecule has 5 heterocycles. The number of rotatable bonds is 11. The molecule has 68 heavy (non-hydrogen) atoms. The topological polar surface area (TPSA) is 201 Å². The van der Waals surface area contributed by atoms with E-state index in [0.717, 1.165) is 64.1 Å². The van der Waals surface area contributed by atoms with Crippen molar-refractivity contribution in [1.82, 2.24) is 19.6 Å². The van der Waals surface area contributed by atoms with E-state index in [1.807, 2.05) is 0 Å². The summed E-state index contributed by atoms with van der Waals surface area (Å²) in [5.74, 6) is -1.95. The number of pyridine rings is 1. The number of carbonyl (C=O) groups is 1. The van der Waals surface area contributed by atoms with E-state index in [1.165, 1.54) is 23.3 Å². The van der Waals surface area contributed by atoms with Crippen LogP contribution in [-0.2, 0) is 14.8 Å². The monoisotopic (exact) mass is 951 g/mol. The Bertz CT molecular complexity index is 2850. The number of aliphatic hydroxyl groups is 1. The second kappa shape index (κ2) is 17.9. The summed E-state index contributed by atoms with van der Waals surface area (Å²) in [5.41, 5.74) is 2.47. The lowest BCUT2D eigenvalue weighted by molar-refractivity contribution is -0.384. The first-order valence-corrected chi connectivity index (χ1v) is 25.2. The number of sulfonamides is 1. The number of fused-ring (bicyclic) bond motifs is 2. The lowest BCUT2D eigenvalue weighted by atomic mass is 9.59. The molecule has 2 atom stereocenters. The van der Waals surface area contributed by atoms with Crippen LogP contribution in [0.3, 0.4) is 0 Å². The number of nitrogens with zero attached hydrogens (tertiary/aromatic N) is 4. The molecule has 3 aromatic carbocycles. The summed E-state index contributed by atoms with van der Waals surface area (Å²) < 4.78 is 63.6. The molecule has 2 aromatic heterocycles. The van der Waals surface area contributed by atoms with Gasteiger partial charge in [0.1, 0.15) is 18.0 Å². The van der Waals surface area contributed by atoms with Crippen molar-refractivity contribution in [2.45, 2.75) is 107 Å². The fraction of sp³-hybridized carbons (Fsp3) is 0.480. The normalized spacial score (nSPS) is 24.2. The molecule has 5 aromatic rings. The van der Waals surface area contributed by atoms with Gasteiger partial charge in [0.2, 0.25) is 0 Å². The van der Waals surface area contributed by atoms with E-state index in [1.54, 1.807) is 31.3 Å². The van der Waals surface area contributed by atoms with Gasteiger partial charge in [-0.25, -0.2) is 13.1 Å². The van der Waals surface area contributed by atoms with Crippen LogP contribution in [0.4, 0.5) is 21.5 Å². The number of ether oxygens (including phenoxy) is 3. The molecule has 3 aliphatic heterocycles. The molecule has 2 aliphatic carbocycles. The summed E-state index contributed by atoms with van der Waals surface area (Å²) in [6.45, 7) is 10.2. The molecule has 4 fully saturated rings. The van der Waals surface area contributed by atoms with Gasteiger partial charge in [-0.1, -0.05) is 38.1 Å². The summed E-state index contributed by atoms with van der Waals surface area (Å²) in [7, 11) is -4.75. The summed E-state index contributed by atoms with van der Waals surface area (Å²) in [6, 6.07) is 19.1. The van der Waals surface area contributed by atoms with E-state index >= 15 is 4.39 Å². The second-order valence-electron chi connectivity index (χ2n) is 20.0. The Hall–Kier alpha value is -5.82. The molecule has 0 radical (unpaired) electrons. The van der Waals surface area contributed by atoms with Gasteiger partial charge in [-0.2, -0.15) is 9.37 Å². The van der Waals surface area contributed by atoms with Crippen LogP contribution in [0.25, 0.3) is 11.0 Å². The van der Waals surface area contributed by atoms with Crippen LogP contribution < -0.4 is 24.4 Å². The molecule has 0 bridgehead atoms. The number of nitrogens with one attached hydrogen (secondary N) is 3. The second-order valence-corrected chi connectivity index (χ2v) is 21.7. The third kappa shape index (κ3) is 8.98. The zero-order chi connectivity index (χ0) is 47.5. The van der Waals surface area contributed by atoms with Gasteiger partial charge in [-0.3, -0.25) is 19.8 Å². The highest BCUT2D eigenvalue weighted by atomic mass is 32.2. The van der Waals surface area contributed by atoms with Crippen molar-refractivity contribution in [2.24, 2.45) is 11.3 Å². The zero-order valence-electron chi connectivity index (χ0n) is 38.5. The van der Waals surface area contributed by atoms with Gasteiger partial charge < -0.3 is 34.5 Å². The van der Waals surface area contributed by atoms with Gasteiger partial charge in [0.15, 0.2) is 17.2 Å². The molecule has 1 spiro atoms. The number of amides is 1.